The monoisotopic (exact) mass is 204 g/mol. The third kappa shape index (κ3) is 2.39. The average Bonchev–Trinajstić information content (AvgIpc) is 2.70. The highest BCUT2D eigenvalue weighted by Gasteiger charge is 2.09. The summed E-state index contributed by atoms with van der Waals surface area (Å²) in [5.41, 5.74) is 1.64. The van der Waals surface area contributed by atoms with Crippen molar-refractivity contribution < 1.29 is 14.6 Å². The molecule has 3 nitrogen and oxygen atoms in total. The number of furan rings is 1. The maximum atomic E-state index is 9.81. The third-order valence-electron chi connectivity index (χ3n) is 2.27. The summed E-state index contributed by atoms with van der Waals surface area (Å²) in [6.45, 7) is 0. The predicted octanol–water partition coefficient (Wildman–Crippen LogP) is 2.26. The maximum Gasteiger partial charge on any atom is 0.115 e. The number of hydrogen-bond donors (Lipinski definition) is 2. The van der Waals surface area contributed by atoms with Crippen molar-refractivity contribution in [2.75, 3.05) is 0 Å². The molecule has 0 aliphatic rings. The summed E-state index contributed by atoms with van der Waals surface area (Å²) < 4.78 is 4.89. The molecule has 1 aromatic carbocycles. The van der Waals surface area contributed by atoms with E-state index in [1.165, 1.54) is 12.5 Å². The molecule has 0 spiro atoms. The molecule has 0 aliphatic carbocycles. The predicted molar refractivity (Wildman–Crippen MR) is 55.5 cm³/mol. The van der Waals surface area contributed by atoms with Gasteiger partial charge in [-0.05, 0) is 23.8 Å². The maximum absolute atomic E-state index is 9.81. The van der Waals surface area contributed by atoms with Crippen LogP contribution in [-0.4, -0.2) is 10.2 Å². The van der Waals surface area contributed by atoms with Crippen molar-refractivity contribution in [2.45, 2.75) is 12.5 Å². The van der Waals surface area contributed by atoms with E-state index in [2.05, 4.69) is 0 Å². The van der Waals surface area contributed by atoms with Gasteiger partial charge in [-0.3, -0.25) is 0 Å². The Labute approximate surface area is 87.6 Å². The van der Waals surface area contributed by atoms with Crippen LogP contribution in [0.25, 0.3) is 0 Å². The first-order valence-electron chi connectivity index (χ1n) is 4.74. The summed E-state index contributed by atoms with van der Waals surface area (Å²) in [4.78, 5) is 0. The first-order chi connectivity index (χ1) is 7.25. The van der Waals surface area contributed by atoms with Crippen molar-refractivity contribution in [3.05, 3.63) is 54.0 Å². The lowest BCUT2D eigenvalue weighted by molar-refractivity contribution is 0.177. The summed E-state index contributed by atoms with van der Waals surface area (Å²) in [7, 11) is 0. The lowest BCUT2D eigenvalue weighted by Crippen LogP contribution is -1.99. The van der Waals surface area contributed by atoms with Gasteiger partial charge in [0.05, 0.1) is 18.6 Å². The number of benzene rings is 1. The molecule has 0 aliphatic heterocycles. The van der Waals surface area contributed by atoms with Crippen molar-refractivity contribution in [3.63, 3.8) is 0 Å². The van der Waals surface area contributed by atoms with Crippen LogP contribution in [0, 0.1) is 0 Å². The van der Waals surface area contributed by atoms with Gasteiger partial charge in [-0.1, -0.05) is 12.1 Å². The molecule has 1 heterocycles. The summed E-state index contributed by atoms with van der Waals surface area (Å²) in [6, 6.07) is 8.60. The second-order valence-corrected chi connectivity index (χ2v) is 3.45. The Kier molecular flexibility index (Phi) is 2.74. The molecular formula is C12H12O3. The van der Waals surface area contributed by atoms with E-state index in [-0.39, 0.29) is 5.75 Å². The number of phenols is 1. The van der Waals surface area contributed by atoms with Gasteiger partial charge in [0, 0.05) is 12.0 Å². The summed E-state index contributed by atoms with van der Waals surface area (Å²) >= 11 is 0. The molecule has 0 fully saturated rings. The van der Waals surface area contributed by atoms with E-state index in [1.807, 2.05) is 6.07 Å². The molecule has 0 saturated heterocycles. The average molecular weight is 204 g/mol. The molecule has 1 unspecified atom stereocenters. The number of aromatic hydroxyl groups is 1. The number of rotatable bonds is 3. The lowest BCUT2D eigenvalue weighted by Gasteiger charge is -2.08. The summed E-state index contributed by atoms with van der Waals surface area (Å²) in [6.07, 6.45) is 2.92. The van der Waals surface area contributed by atoms with Gasteiger partial charge in [-0.2, -0.15) is 0 Å². The van der Waals surface area contributed by atoms with Crippen molar-refractivity contribution in [2.24, 2.45) is 0 Å². The van der Waals surface area contributed by atoms with Crippen LogP contribution in [0.4, 0.5) is 0 Å². The molecule has 2 aromatic rings. The van der Waals surface area contributed by atoms with Gasteiger partial charge in [0.25, 0.3) is 0 Å². The fourth-order valence-electron chi connectivity index (χ4n) is 1.49. The van der Waals surface area contributed by atoms with Crippen molar-refractivity contribution in [1.82, 2.24) is 0 Å². The fraction of sp³-hybridized carbons (Fsp3) is 0.167. The van der Waals surface area contributed by atoms with Gasteiger partial charge < -0.3 is 14.6 Å². The summed E-state index contributed by atoms with van der Waals surface area (Å²) in [5.74, 6) is 0.215. The molecule has 1 aromatic heterocycles. The molecule has 0 bridgehead atoms. The Morgan fingerprint density at radius 2 is 2.13 bits per heavy atom. The molecular weight excluding hydrogens is 192 g/mol. The largest absolute Gasteiger partial charge is 0.508 e. The number of aliphatic hydroxyl groups is 1. The highest BCUT2D eigenvalue weighted by molar-refractivity contribution is 5.28. The third-order valence-corrected chi connectivity index (χ3v) is 2.27. The smallest absolute Gasteiger partial charge is 0.115 e. The molecule has 2 rings (SSSR count). The Balaban J connectivity index is 2.09. The minimum atomic E-state index is -0.592. The van der Waals surface area contributed by atoms with Crippen LogP contribution in [0.2, 0.25) is 0 Å². The minimum Gasteiger partial charge on any atom is -0.508 e. The zero-order valence-corrected chi connectivity index (χ0v) is 8.13. The van der Waals surface area contributed by atoms with Crippen molar-refractivity contribution in [3.8, 4) is 5.75 Å². The normalized spacial score (nSPS) is 12.6. The quantitative estimate of drug-likeness (QED) is 0.806. The van der Waals surface area contributed by atoms with Crippen molar-refractivity contribution in [1.29, 1.82) is 0 Å². The lowest BCUT2D eigenvalue weighted by atomic mass is 10.0. The van der Waals surface area contributed by atoms with Crippen LogP contribution < -0.4 is 0 Å². The fourth-order valence-corrected chi connectivity index (χ4v) is 1.49. The van der Waals surface area contributed by atoms with Crippen LogP contribution >= 0.6 is 0 Å². The second kappa shape index (κ2) is 4.19. The van der Waals surface area contributed by atoms with Crippen LogP contribution in [0.1, 0.15) is 17.2 Å². The number of hydrogen-bond acceptors (Lipinski definition) is 3. The standard InChI is InChI=1S/C12H12O3/c13-11-3-1-2-9(6-11)7-12(14)10-4-5-15-8-10/h1-6,8,12-14H,7H2. The topological polar surface area (TPSA) is 53.6 Å². The molecule has 0 saturated carbocycles. The molecule has 2 N–H and O–H groups in total. The van der Waals surface area contributed by atoms with Crippen LogP contribution in [-0.2, 0) is 6.42 Å². The number of aliphatic hydroxyl groups excluding tert-OH is 1. The van der Waals surface area contributed by atoms with Crippen LogP contribution in [0.3, 0.4) is 0 Å². The molecule has 1 atom stereocenters. The van der Waals surface area contributed by atoms with Gasteiger partial charge >= 0.3 is 0 Å². The van der Waals surface area contributed by atoms with E-state index in [9.17, 15) is 10.2 Å². The summed E-state index contributed by atoms with van der Waals surface area (Å²) in [5, 5.41) is 19.1. The SMILES string of the molecule is Oc1cccc(CC(O)c2ccoc2)c1. The zero-order chi connectivity index (χ0) is 10.7. The van der Waals surface area contributed by atoms with E-state index >= 15 is 0 Å². The Hall–Kier alpha value is -1.74. The molecule has 0 radical (unpaired) electrons. The van der Waals surface area contributed by atoms with Gasteiger partial charge in [-0.15, -0.1) is 0 Å². The van der Waals surface area contributed by atoms with Crippen LogP contribution in [0.15, 0.2) is 47.3 Å². The minimum absolute atomic E-state index is 0.215. The first-order valence-corrected chi connectivity index (χ1v) is 4.74. The molecule has 15 heavy (non-hydrogen) atoms. The molecule has 78 valence electrons. The van der Waals surface area contributed by atoms with Crippen molar-refractivity contribution >= 4 is 0 Å². The van der Waals surface area contributed by atoms with E-state index in [4.69, 9.17) is 4.42 Å². The van der Waals surface area contributed by atoms with Gasteiger partial charge in [0.15, 0.2) is 0 Å². The van der Waals surface area contributed by atoms with Gasteiger partial charge in [0.2, 0.25) is 0 Å². The Bertz CT molecular complexity index is 420. The second-order valence-electron chi connectivity index (χ2n) is 3.45. The number of phenolic OH excluding ortho intramolecular Hbond substituents is 1. The molecule has 3 heteroatoms. The van der Waals surface area contributed by atoms with Crippen LogP contribution in [0.5, 0.6) is 5.75 Å². The Morgan fingerprint density at radius 1 is 1.27 bits per heavy atom. The zero-order valence-electron chi connectivity index (χ0n) is 8.13. The highest BCUT2D eigenvalue weighted by Crippen LogP contribution is 2.20. The van der Waals surface area contributed by atoms with E-state index in [1.54, 1.807) is 24.3 Å². The van der Waals surface area contributed by atoms with E-state index in [0.29, 0.717) is 6.42 Å². The van der Waals surface area contributed by atoms with Gasteiger partial charge in [0.1, 0.15) is 5.75 Å². The Morgan fingerprint density at radius 3 is 2.80 bits per heavy atom. The highest BCUT2D eigenvalue weighted by atomic mass is 16.3. The first kappa shape index (κ1) is 9.80. The van der Waals surface area contributed by atoms with E-state index < -0.39 is 6.10 Å². The van der Waals surface area contributed by atoms with E-state index in [0.717, 1.165) is 11.1 Å². The molecule has 0 amide bonds. The van der Waals surface area contributed by atoms with Gasteiger partial charge in [-0.25, -0.2) is 0 Å².